The minimum absolute atomic E-state index is 0.410. The fourth-order valence-corrected chi connectivity index (χ4v) is 4.44. The third kappa shape index (κ3) is 4.34. The van der Waals surface area contributed by atoms with E-state index in [1.807, 2.05) is 23.6 Å². The normalized spacial score (nSPS) is 15.6. The summed E-state index contributed by atoms with van der Waals surface area (Å²) in [6, 6.07) is 12.6. The van der Waals surface area contributed by atoms with Gasteiger partial charge in [-0.2, -0.15) is 0 Å². The van der Waals surface area contributed by atoms with E-state index in [9.17, 15) is 0 Å². The second-order valence-electron chi connectivity index (χ2n) is 7.50. The van der Waals surface area contributed by atoms with E-state index >= 15 is 0 Å². The molecule has 1 N–H and O–H groups in total. The molecule has 30 heavy (non-hydrogen) atoms. The number of nitrogens with one attached hydrogen (secondary N) is 1. The van der Waals surface area contributed by atoms with E-state index in [1.165, 1.54) is 11.3 Å². The lowest BCUT2D eigenvalue weighted by Gasteiger charge is -2.32. The molecule has 0 aliphatic carbocycles. The molecule has 0 saturated carbocycles. The summed E-state index contributed by atoms with van der Waals surface area (Å²) in [7, 11) is 0. The predicted molar refractivity (Wildman–Crippen MR) is 118 cm³/mol. The molecule has 0 unspecified atom stereocenters. The molecule has 3 aromatic heterocycles. The quantitative estimate of drug-likeness (QED) is 0.460. The molecule has 156 valence electrons. The predicted octanol–water partition coefficient (Wildman–Crippen LogP) is 4.09. The molecular weight excluding hydrogens is 398 g/mol. The van der Waals surface area contributed by atoms with Gasteiger partial charge in [-0.3, -0.25) is 4.90 Å². The smallest absolute Gasteiger partial charge is 0.273 e. The van der Waals surface area contributed by atoms with Gasteiger partial charge in [0, 0.05) is 37.3 Å². The monoisotopic (exact) mass is 423 g/mol. The number of thiazole rings is 1. The number of piperidine rings is 1. The van der Waals surface area contributed by atoms with Gasteiger partial charge in [0.1, 0.15) is 12.4 Å². The summed E-state index contributed by atoms with van der Waals surface area (Å²) in [5.74, 6) is 1.84. The fourth-order valence-electron chi connectivity index (χ4n) is 3.93. The van der Waals surface area contributed by atoms with Crippen LogP contribution in [0.5, 0.6) is 5.19 Å². The van der Waals surface area contributed by atoms with E-state index < -0.39 is 0 Å². The summed E-state index contributed by atoms with van der Waals surface area (Å²) in [6.07, 6.45) is 5.66. The van der Waals surface area contributed by atoms with Crippen molar-refractivity contribution in [3.05, 3.63) is 60.0 Å². The van der Waals surface area contributed by atoms with Crippen molar-refractivity contribution in [1.82, 2.24) is 19.4 Å². The number of hydrogen-bond acceptors (Lipinski definition) is 7. The average molecular weight is 424 g/mol. The first-order valence-corrected chi connectivity index (χ1v) is 11.2. The summed E-state index contributed by atoms with van der Waals surface area (Å²) in [6.45, 7) is 4.39. The molecule has 1 saturated heterocycles. The number of para-hydroxylation sites is 2. The summed E-state index contributed by atoms with van der Waals surface area (Å²) < 4.78 is 13.5. The van der Waals surface area contributed by atoms with Gasteiger partial charge in [0.15, 0.2) is 0 Å². The van der Waals surface area contributed by atoms with Crippen LogP contribution in [0.3, 0.4) is 0 Å². The molecule has 1 aromatic carbocycles. The summed E-state index contributed by atoms with van der Waals surface area (Å²) in [5.41, 5.74) is 2.12. The first kappa shape index (κ1) is 19.1. The number of benzene rings is 1. The zero-order valence-corrected chi connectivity index (χ0v) is 17.6. The molecule has 5 rings (SSSR count). The Morgan fingerprint density at radius 2 is 2.07 bits per heavy atom. The summed E-state index contributed by atoms with van der Waals surface area (Å²) >= 11 is 1.54. The molecule has 8 heteroatoms. The SMILES string of the molecule is c1coc(Cn2c(NC3CCN(CCOc4nccs4)CC3)nc3ccccc32)c1. The van der Waals surface area contributed by atoms with Crippen LogP contribution in [0.15, 0.2) is 58.7 Å². The Morgan fingerprint density at radius 3 is 2.87 bits per heavy atom. The number of aromatic nitrogens is 3. The van der Waals surface area contributed by atoms with Crippen molar-refractivity contribution in [2.45, 2.75) is 25.4 Å². The zero-order valence-electron chi connectivity index (χ0n) is 16.7. The molecular formula is C22H25N5O2S. The molecule has 0 radical (unpaired) electrons. The molecule has 0 amide bonds. The third-order valence-electron chi connectivity index (χ3n) is 5.51. The van der Waals surface area contributed by atoms with E-state index in [2.05, 4.69) is 38.0 Å². The topological polar surface area (TPSA) is 68.4 Å². The maximum Gasteiger partial charge on any atom is 0.273 e. The lowest BCUT2D eigenvalue weighted by atomic mass is 10.1. The lowest BCUT2D eigenvalue weighted by Crippen LogP contribution is -2.41. The Labute approximate surface area is 179 Å². The molecule has 0 bridgehead atoms. The zero-order chi connectivity index (χ0) is 20.2. The standard InChI is InChI=1S/C22H25N5O2S/c1-2-6-20-19(5-1)25-21(27(20)16-18-4-3-13-28-18)24-17-7-10-26(11-8-17)12-14-29-22-23-9-15-30-22/h1-6,9,13,15,17H,7-8,10-12,14,16H2,(H,24,25). The highest BCUT2D eigenvalue weighted by molar-refractivity contribution is 7.11. The van der Waals surface area contributed by atoms with Crippen LogP contribution in [0.25, 0.3) is 11.0 Å². The summed E-state index contributed by atoms with van der Waals surface area (Å²) in [4.78, 5) is 11.5. The molecule has 0 spiro atoms. The molecule has 7 nitrogen and oxygen atoms in total. The number of imidazole rings is 1. The van der Waals surface area contributed by atoms with Gasteiger partial charge < -0.3 is 19.0 Å². The van der Waals surface area contributed by atoms with Crippen molar-refractivity contribution in [2.24, 2.45) is 0 Å². The van der Waals surface area contributed by atoms with Gasteiger partial charge in [-0.25, -0.2) is 9.97 Å². The van der Waals surface area contributed by atoms with Crippen LogP contribution in [0.1, 0.15) is 18.6 Å². The van der Waals surface area contributed by atoms with Crippen LogP contribution in [-0.2, 0) is 6.54 Å². The second kappa shape index (κ2) is 8.89. The number of nitrogens with zero attached hydrogens (tertiary/aromatic N) is 4. The van der Waals surface area contributed by atoms with Crippen LogP contribution in [-0.4, -0.2) is 51.7 Å². The Morgan fingerprint density at radius 1 is 1.17 bits per heavy atom. The largest absolute Gasteiger partial charge is 0.469 e. The lowest BCUT2D eigenvalue weighted by molar-refractivity contribution is 0.177. The minimum Gasteiger partial charge on any atom is -0.469 e. The summed E-state index contributed by atoms with van der Waals surface area (Å²) in [5, 5.41) is 6.38. The number of anilines is 1. The number of likely N-dealkylation sites (tertiary alicyclic amines) is 1. The Balaban J connectivity index is 1.20. The molecule has 4 aromatic rings. The molecule has 1 fully saturated rings. The Bertz CT molecular complexity index is 1050. The van der Waals surface area contributed by atoms with E-state index in [-0.39, 0.29) is 0 Å². The highest BCUT2D eigenvalue weighted by Gasteiger charge is 2.21. The average Bonchev–Trinajstić information content (AvgIpc) is 3.53. The van der Waals surface area contributed by atoms with Crippen molar-refractivity contribution in [3.63, 3.8) is 0 Å². The molecule has 1 aliphatic rings. The van der Waals surface area contributed by atoms with E-state index in [4.69, 9.17) is 14.1 Å². The first-order chi connectivity index (χ1) is 14.8. The van der Waals surface area contributed by atoms with Crippen molar-refractivity contribution in [1.29, 1.82) is 0 Å². The van der Waals surface area contributed by atoms with Gasteiger partial charge in [0.2, 0.25) is 5.95 Å². The third-order valence-corrected chi connectivity index (χ3v) is 6.19. The van der Waals surface area contributed by atoms with Crippen LogP contribution >= 0.6 is 11.3 Å². The van der Waals surface area contributed by atoms with Gasteiger partial charge in [0.25, 0.3) is 5.19 Å². The molecule has 4 heterocycles. The highest BCUT2D eigenvalue weighted by atomic mass is 32.1. The number of ether oxygens (including phenoxy) is 1. The first-order valence-electron chi connectivity index (χ1n) is 10.3. The minimum atomic E-state index is 0.410. The Hall–Kier alpha value is -2.84. The highest BCUT2D eigenvalue weighted by Crippen LogP contribution is 2.24. The van der Waals surface area contributed by atoms with Crippen molar-refractivity contribution in [2.75, 3.05) is 31.6 Å². The maximum absolute atomic E-state index is 5.70. The van der Waals surface area contributed by atoms with E-state index in [0.717, 1.165) is 60.4 Å². The number of furan rings is 1. The van der Waals surface area contributed by atoms with Gasteiger partial charge in [-0.05, 0) is 37.1 Å². The van der Waals surface area contributed by atoms with Crippen molar-refractivity contribution >= 4 is 28.3 Å². The van der Waals surface area contributed by atoms with Crippen molar-refractivity contribution in [3.8, 4) is 5.19 Å². The van der Waals surface area contributed by atoms with Crippen LogP contribution in [0.2, 0.25) is 0 Å². The number of hydrogen-bond donors (Lipinski definition) is 1. The van der Waals surface area contributed by atoms with Crippen LogP contribution in [0, 0.1) is 0 Å². The van der Waals surface area contributed by atoms with Crippen molar-refractivity contribution < 1.29 is 9.15 Å². The Kier molecular flexibility index (Phi) is 5.67. The molecule has 0 atom stereocenters. The second-order valence-corrected chi connectivity index (χ2v) is 8.35. The van der Waals surface area contributed by atoms with Gasteiger partial charge in [0.05, 0.1) is 23.8 Å². The number of fused-ring (bicyclic) bond motifs is 1. The van der Waals surface area contributed by atoms with Gasteiger partial charge in [-0.15, -0.1) is 0 Å². The number of rotatable bonds is 8. The van der Waals surface area contributed by atoms with E-state index in [0.29, 0.717) is 19.2 Å². The maximum atomic E-state index is 5.70. The van der Waals surface area contributed by atoms with E-state index in [1.54, 1.807) is 12.5 Å². The van der Waals surface area contributed by atoms with Crippen LogP contribution < -0.4 is 10.1 Å². The van der Waals surface area contributed by atoms with Gasteiger partial charge >= 0.3 is 0 Å². The fraction of sp³-hybridized carbons (Fsp3) is 0.364. The van der Waals surface area contributed by atoms with Gasteiger partial charge in [-0.1, -0.05) is 23.5 Å². The molecule has 1 aliphatic heterocycles. The van der Waals surface area contributed by atoms with Crippen LogP contribution in [0.4, 0.5) is 5.95 Å².